The first-order valence-electron chi connectivity index (χ1n) is 3.08. The highest BCUT2D eigenvalue weighted by Crippen LogP contribution is 2.06. The molecule has 0 heterocycles. The van der Waals surface area contributed by atoms with E-state index >= 15 is 0 Å². The first kappa shape index (κ1) is 3.96. The maximum Gasteiger partial charge on any atom is 0.156 e. The number of nitrogen functional groups attached to an aromatic ring is 1. The fourth-order valence-corrected chi connectivity index (χ4v) is 0.573. The maximum absolute atomic E-state index is 6.83. The van der Waals surface area contributed by atoms with Crippen LogP contribution in [-0.2, 0) is 0 Å². The first-order valence-corrected chi connectivity index (χ1v) is 2.58. The molecule has 1 rings (SSSR count). The number of benzene rings is 1. The van der Waals surface area contributed by atoms with E-state index in [0.717, 1.165) is 11.3 Å². The van der Waals surface area contributed by atoms with Crippen LogP contribution < -0.4 is 5.73 Å². The normalized spacial score (nSPS) is 10.4. The Morgan fingerprint density at radius 2 is 2.25 bits per heavy atom. The Morgan fingerprint density at radius 1 is 1.50 bits per heavy atom. The van der Waals surface area contributed by atoms with Crippen molar-refractivity contribution >= 4 is 5.69 Å². The van der Waals surface area contributed by atoms with Gasteiger partial charge in [0.05, 0.1) is 0 Å². The molecule has 0 saturated heterocycles. The van der Waals surface area contributed by atoms with Gasteiger partial charge >= 0.3 is 0 Å². The third-order valence-electron chi connectivity index (χ3n) is 1.15. The molecule has 0 unspecified atom stereocenters. The Balaban J connectivity index is 3.01. The number of hydrogen-bond acceptors (Lipinski definition) is 1. The van der Waals surface area contributed by atoms with Gasteiger partial charge in [0.25, 0.3) is 0 Å². The van der Waals surface area contributed by atoms with E-state index in [1.807, 2.05) is 31.2 Å². The van der Waals surface area contributed by atoms with Crippen LogP contribution in [0.15, 0.2) is 24.3 Å². The van der Waals surface area contributed by atoms with Gasteiger partial charge in [-0.1, -0.05) is 18.2 Å². The highest BCUT2D eigenvalue weighted by molar-refractivity contribution is 5.44. The number of nitrogens with two attached hydrogens (primary N) is 1. The lowest BCUT2D eigenvalue weighted by molar-refractivity contribution is 1.47. The molecule has 1 nitrogen and oxygen atoms in total. The maximum atomic E-state index is 6.83. The third kappa shape index (κ3) is 0.808. The molecule has 0 aliphatic rings. The largest absolute Gasteiger partial charge is 0.399 e. The highest BCUT2D eigenvalue weighted by atomic mass is 14.5. The zero-order chi connectivity index (χ0) is 6.69. The average Bonchev–Trinajstić information content (AvgIpc) is 1.89. The molecule has 0 spiro atoms. The second-order valence-corrected chi connectivity index (χ2v) is 1.81. The molecule has 1 aromatic carbocycles. The van der Waals surface area contributed by atoms with Gasteiger partial charge in [-0.2, -0.15) is 0 Å². The van der Waals surface area contributed by atoms with E-state index in [4.69, 9.17) is 1.41 Å². The van der Waals surface area contributed by atoms with E-state index < -0.39 is 0 Å². The molecule has 0 aromatic heterocycles. The fraction of sp³-hybridized carbons (Fsp3) is 0.143. The SMILES string of the molecule is [2H]Nc1ccccc1C. The molecule has 0 atom stereocenters. The fourth-order valence-electron chi connectivity index (χ4n) is 0.573. The molecule has 0 fully saturated rings. The van der Waals surface area contributed by atoms with Crippen molar-refractivity contribution in [3.8, 4) is 0 Å². The van der Waals surface area contributed by atoms with Crippen LogP contribution in [0.25, 0.3) is 0 Å². The molecule has 42 valence electrons. The van der Waals surface area contributed by atoms with E-state index in [0.29, 0.717) is 0 Å². The summed E-state index contributed by atoms with van der Waals surface area (Å²) in [5, 5.41) is 0. The minimum Gasteiger partial charge on any atom is -0.399 e. The summed E-state index contributed by atoms with van der Waals surface area (Å²) in [6.07, 6.45) is 0. The summed E-state index contributed by atoms with van der Waals surface area (Å²) in [5.74, 6) is 0. The van der Waals surface area contributed by atoms with Crippen molar-refractivity contribution in [1.29, 1.82) is 0 Å². The molecular weight excluding hydrogens is 98.1 g/mol. The van der Waals surface area contributed by atoms with Gasteiger partial charge in [0, 0.05) is 5.69 Å². The van der Waals surface area contributed by atoms with E-state index in [-0.39, 0.29) is 0 Å². The smallest absolute Gasteiger partial charge is 0.156 e. The summed E-state index contributed by atoms with van der Waals surface area (Å²) >= 11 is 0. The molecule has 8 heavy (non-hydrogen) atoms. The first-order chi connectivity index (χ1) is 4.34. The Labute approximate surface area is 50.6 Å². The van der Waals surface area contributed by atoms with E-state index in [2.05, 4.69) is 5.73 Å². The number of para-hydroxylation sites is 1. The van der Waals surface area contributed by atoms with E-state index in [1.165, 1.54) is 0 Å². The number of anilines is 1. The van der Waals surface area contributed by atoms with Crippen LogP contribution in [0.5, 0.6) is 0 Å². The lowest BCUT2D eigenvalue weighted by atomic mass is 10.2. The van der Waals surface area contributed by atoms with Gasteiger partial charge < -0.3 is 5.73 Å². The molecule has 2 N–H and O–H groups in total. The Morgan fingerprint density at radius 3 is 2.75 bits per heavy atom. The van der Waals surface area contributed by atoms with Gasteiger partial charge in [0.15, 0.2) is 1.41 Å². The number of hydrogen-bond donors (Lipinski definition) is 1. The zero-order valence-corrected chi connectivity index (χ0v) is 4.81. The van der Waals surface area contributed by atoms with E-state index in [9.17, 15) is 0 Å². The van der Waals surface area contributed by atoms with Crippen molar-refractivity contribution in [3.05, 3.63) is 29.8 Å². The predicted octanol–water partition coefficient (Wildman–Crippen LogP) is 1.58. The Kier molecular flexibility index (Phi) is 0.922. The van der Waals surface area contributed by atoms with E-state index in [1.54, 1.807) is 0 Å². The van der Waals surface area contributed by atoms with Gasteiger partial charge in [-0.15, -0.1) is 0 Å². The minimum absolute atomic E-state index is 0.873. The van der Waals surface area contributed by atoms with Crippen LogP contribution in [0, 0.1) is 6.92 Å². The monoisotopic (exact) mass is 108 g/mol. The van der Waals surface area contributed by atoms with Crippen molar-refractivity contribution in [2.45, 2.75) is 6.92 Å². The molecule has 1 heteroatoms. The summed E-state index contributed by atoms with van der Waals surface area (Å²) in [7, 11) is 0. The molecule has 0 radical (unpaired) electrons. The second-order valence-electron chi connectivity index (χ2n) is 1.81. The predicted molar refractivity (Wildman–Crippen MR) is 35.6 cm³/mol. The Hall–Kier alpha value is -0.980. The zero-order valence-electron chi connectivity index (χ0n) is 5.81. The number of rotatable bonds is 1. The van der Waals surface area contributed by atoms with Gasteiger partial charge in [0.2, 0.25) is 0 Å². The van der Waals surface area contributed by atoms with Gasteiger partial charge in [0.1, 0.15) is 0 Å². The lowest BCUT2D eigenvalue weighted by Gasteiger charge is -1.93. The summed E-state index contributed by atoms with van der Waals surface area (Å²) in [6.45, 7) is 1.97. The summed E-state index contributed by atoms with van der Waals surface area (Å²) in [5.41, 5.74) is 4.32. The summed E-state index contributed by atoms with van der Waals surface area (Å²) < 4.78 is 6.83. The molecule has 0 aliphatic heterocycles. The second kappa shape index (κ2) is 1.86. The lowest BCUT2D eigenvalue weighted by Crippen LogP contribution is -1.85. The Bertz CT molecular complexity index is 198. The minimum atomic E-state index is 0.873. The number of aryl methyl sites for hydroxylation is 1. The van der Waals surface area contributed by atoms with Crippen molar-refractivity contribution in [2.75, 3.05) is 5.73 Å². The highest BCUT2D eigenvalue weighted by Gasteiger charge is 1.84. The molecule has 0 saturated carbocycles. The van der Waals surface area contributed by atoms with Crippen molar-refractivity contribution in [1.82, 2.24) is 0 Å². The average molecular weight is 108 g/mol. The van der Waals surface area contributed by atoms with Crippen LogP contribution in [0.4, 0.5) is 5.69 Å². The molecule has 1 aromatic rings. The topological polar surface area (TPSA) is 26.0 Å². The summed E-state index contributed by atoms with van der Waals surface area (Å²) in [4.78, 5) is 0. The molecule has 0 bridgehead atoms. The van der Waals surface area contributed by atoms with Crippen molar-refractivity contribution in [2.24, 2.45) is 0 Å². The van der Waals surface area contributed by atoms with Crippen LogP contribution in [0.3, 0.4) is 0 Å². The van der Waals surface area contributed by atoms with Crippen LogP contribution in [-0.4, -0.2) is 0 Å². The van der Waals surface area contributed by atoms with Gasteiger partial charge in [-0.3, -0.25) is 0 Å². The molecular formula is C7H9N. The quantitative estimate of drug-likeness (QED) is 0.543. The molecule has 0 amide bonds. The standard InChI is InChI=1S/C7H9N/c1-6-4-2-3-5-7(6)8/h2-5H,8H2,1H3/i/hD. The van der Waals surface area contributed by atoms with Crippen LogP contribution in [0.1, 0.15) is 5.56 Å². The third-order valence-corrected chi connectivity index (χ3v) is 1.15. The van der Waals surface area contributed by atoms with Crippen LogP contribution in [0.2, 0.25) is 1.41 Å². The van der Waals surface area contributed by atoms with Crippen LogP contribution >= 0.6 is 0 Å². The molecule has 0 aliphatic carbocycles. The van der Waals surface area contributed by atoms with Gasteiger partial charge in [-0.25, -0.2) is 0 Å². The van der Waals surface area contributed by atoms with Crippen molar-refractivity contribution in [3.63, 3.8) is 0 Å². The van der Waals surface area contributed by atoms with Gasteiger partial charge in [-0.05, 0) is 18.6 Å². The van der Waals surface area contributed by atoms with Crippen molar-refractivity contribution < 1.29 is 1.41 Å². The summed E-state index contributed by atoms with van der Waals surface area (Å²) in [6, 6.07) is 7.71.